The Morgan fingerprint density at radius 2 is 0.962 bits per heavy atom. The monoisotopic (exact) mass is 426 g/mol. The van der Waals surface area contributed by atoms with Gasteiger partial charge in [0.25, 0.3) is 0 Å². The van der Waals surface area contributed by atoms with Gasteiger partial charge in [0.05, 0.1) is 0 Å². The van der Waals surface area contributed by atoms with E-state index < -0.39 is 5.51 Å². The summed E-state index contributed by atoms with van der Waals surface area (Å²) in [6, 6.07) is 28.9. The molecule has 3 aromatic carbocycles. The Morgan fingerprint density at radius 3 is 1.31 bits per heavy atom. The maximum atomic E-state index is 3.74. The van der Waals surface area contributed by atoms with Crippen molar-refractivity contribution < 1.29 is 0 Å². The van der Waals surface area contributed by atoms with E-state index in [-0.39, 0.29) is 0 Å². The minimum absolute atomic E-state index is 0.490. The summed E-state index contributed by atoms with van der Waals surface area (Å²) in [7, 11) is 0. The van der Waals surface area contributed by atoms with E-state index >= 15 is 0 Å². The van der Waals surface area contributed by atoms with Gasteiger partial charge in [-0.15, -0.1) is 0 Å². The topological polar surface area (TPSA) is 0 Å². The fraction of sp³-hybridized carbons (Fsp3) is 0.250. The first-order valence-corrected chi connectivity index (χ1v) is 13.3. The molecule has 26 heavy (non-hydrogen) atoms. The van der Waals surface area contributed by atoms with Crippen molar-refractivity contribution in [1.29, 1.82) is 0 Å². The summed E-state index contributed by atoms with van der Waals surface area (Å²) >= 11 is 3.74. The Morgan fingerprint density at radius 1 is 0.577 bits per heavy atom. The Labute approximate surface area is 165 Å². The average molecular weight is 425 g/mol. The molecule has 0 radical (unpaired) electrons. The zero-order valence-corrected chi connectivity index (χ0v) is 18.6. The van der Waals surface area contributed by atoms with E-state index in [0.717, 1.165) is 0 Å². The molecule has 0 N–H and O–H groups in total. The zero-order valence-electron chi connectivity index (χ0n) is 16.0. The number of rotatable bonds is 5. The van der Waals surface area contributed by atoms with Crippen molar-refractivity contribution in [3.8, 4) is 0 Å². The summed E-state index contributed by atoms with van der Waals surface area (Å²) in [5.41, 5.74) is 1.10. The van der Waals surface area contributed by atoms with E-state index in [1.54, 1.807) is 0 Å². The summed E-state index contributed by atoms with van der Waals surface area (Å²) in [5.74, 6) is 0.979. The maximum absolute atomic E-state index is 3.74. The first-order valence-electron chi connectivity index (χ1n) is 9.31. The second-order valence-corrected chi connectivity index (χ2v) is 13.5. The van der Waals surface area contributed by atoms with Crippen molar-refractivity contribution >= 4 is 36.5 Å². The first kappa shape index (κ1) is 19.4. The fourth-order valence-corrected chi connectivity index (χ4v) is 9.81. The molecule has 0 bridgehead atoms. The van der Waals surface area contributed by atoms with Gasteiger partial charge in [-0.25, -0.2) is 0 Å². The predicted molar refractivity (Wildman–Crippen MR) is 119 cm³/mol. The van der Waals surface area contributed by atoms with Gasteiger partial charge in [-0.2, -0.15) is 0 Å². The van der Waals surface area contributed by atoms with Crippen LogP contribution in [-0.2, 0) is 0 Å². The van der Waals surface area contributed by atoms with Crippen molar-refractivity contribution in [1.82, 2.24) is 0 Å². The van der Waals surface area contributed by atoms with Crippen LogP contribution in [0.5, 0.6) is 0 Å². The molecule has 0 amide bonds. The van der Waals surface area contributed by atoms with Gasteiger partial charge in [-0.1, -0.05) is 0 Å². The van der Waals surface area contributed by atoms with E-state index in [2.05, 4.69) is 122 Å². The molecule has 0 saturated carbocycles. The Bertz CT molecular complexity index is 842. The van der Waals surface area contributed by atoms with Crippen LogP contribution in [0.4, 0.5) is 0 Å². The van der Waals surface area contributed by atoms with Gasteiger partial charge in [0.2, 0.25) is 0 Å². The molecule has 0 aliphatic carbocycles. The predicted octanol–water partition coefficient (Wildman–Crippen LogP) is 5.31. The van der Waals surface area contributed by atoms with E-state index in [0.29, 0.717) is 11.8 Å². The molecule has 3 aromatic rings. The van der Waals surface area contributed by atoms with Crippen molar-refractivity contribution in [2.45, 2.75) is 39.5 Å². The molecule has 0 saturated heterocycles. The number of hydrogen-bond donors (Lipinski definition) is 0. The minimum atomic E-state index is -1.83. The summed E-state index contributed by atoms with van der Waals surface area (Å²) in [5, 5.41) is 4.34. The van der Waals surface area contributed by atoms with Gasteiger partial charge in [0.15, 0.2) is 0 Å². The Kier molecular flexibility index (Phi) is 6.03. The molecule has 0 aromatic heterocycles. The van der Waals surface area contributed by atoms with Crippen LogP contribution in [-0.4, -0.2) is 15.1 Å². The van der Waals surface area contributed by atoms with Crippen LogP contribution in [0.15, 0.2) is 78.9 Å². The van der Waals surface area contributed by atoms with Crippen LogP contribution in [0.3, 0.4) is 0 Å². The molecular formula is C24H27PSe. The zero-order chi connectivity index (χ0) is 18.7. The molecule has 0 spiro atoms. The third-order valence-corrected chi connectivity index (χ3v) is 11.9. The Hall–Kier alpha value is -1.39. The van der Waals surface area contributed by atoms with Crippen molar-refractivity contribution in [2.75, 3.05) is 0 Å². The third kappa shape index (κ3) is 3.54. The van der Waals surface area contributed by atoms with E-state index in [9.17, 15) is 0 Å². The summed E-state index contributed by atoms with van der Waals surface area (Å²) in [6.45, 7) is 9.24. The van der Waals surface area contributed by atoms with E-state index in [1.165, 1.54) is 27.0 Å². The van der Waals surface area contributed by atoms with Crippen molar-refractivity contribution in [3.05, 3.63) is 90.0 Å². The van der Waals surface area contributed by atoms with Gasteiger partial charge in [0.1, 0.15) is 0 Å². The van der Waals surface area contributed by atoms with E-state index in [4.69, 9.17) is 0 Å². The van der Waals surface area contributed by atoms with Crippen LogP contribution < -0.4 is 15.9 Å². The quantitative estimate of drug-likeness (QED) is 0.384. The van der Waals surface area contributed by atoms with Crippen LogP contribution >= 0.6 is 5.51 Å². The second-order valence-electron chi connectivity index (χ2n) is 7.37. The first-order chi connectivity index (χ1) is 12.5. The van der Waals surface area contributed by atoms with Gasteiger partial charge >= 0.3 is 166 Å². The normalized spacial score (nSPS) is 11.9. The van der Waals surface area contributed by atoms with Gasteiger partial charge in [0, 0.05) is 0 Å². The molecule has 0 nitrogen and oxygen atoms in total. The molecule has 0 fully saturated rings. The van der Waals surface area contributed by atoms with Crippen LogP contribution in [0, 0.1) is 0 Å². The molecule has 0 atom stereocenters. The molecule has 2 heteroatoms. The molecular weight excluding hydrogens is 398 g/mol. The third-order valence-electron chi connectivity index (χ3n) is 4.90. The number of hydrogen-bond acceptors (Lipinski definition) is 0. The molecule has 0 heterocycles. The van der Waals surface area contributed by atoms with Crippen LogP contribution in [0.25, 0.3) is 0 Å². The number of benzene rings is 3. The molecule has 0 aliphatic rings. The van der Waals surface area contributed by atoms with Gasteiger partial charge in [-0.05, 0) is 0 Å². The summed E-state index contributed by atoms with van der Waals surface area (Å²) in [6.07, 6.45) is 0. The molecule has 134 valence electrons. The SMILES string of the molecule is CC(C)c1cccc(C(C)C)c1P(=[Se])(c1ccccc1)c1ccccc1. The standard InChI is InChI=1S/C24H27PSe/c1-18(2)22-16-11-17-23(19(3)4)24(22)25(26,20-12-7-5-8-13-20)21-14-9-6-10-15-21/h5-19H,1-4H3. The second kappa shape index (κ2) is 8.10. The average Bonchev–Trinajstić information content (AvgIpc) is 2.68. The molecule has 0 unspecified atom stereocenters. The van der Waals surface area contributed by atoms with Crippen molar-refractivity contribution in [3.63, 3.8) is 0 Å². The fourth-order valence-electron chi connectivity index (χ4n) is 3.56. The van der Waals surface area contributed by atoms with E-state index in [1.807, 2.05) is 0 Å². The van der Waals surface area contributed by atoms with Crippen molar-refractivity contribution in [2.24, 2.45) is 0 Å². The summed E-state index contributed by atoms with van der Waals surface area (Å²) in [4.78, 5) is 0. The van der Waals surface area contributed by atoms with Gasteiger partial charge < -0.3 is 0 Å². The van der Waals surface area contributed by atoms with Gasteiger partial charge in [-0.3, -0.25) is 0 Å². The summed E-state index contributed by atoms with van der Waals surface area (Å²) < 4.78 is 0. The van der Waals surface area contributed by atoms with Crippen LogP contribution in [0.2, 0.25) is 0 Å². The molecule has 3 rings (SSSR count). The molecule has 0 aliphatic heterocycles. The Balaban J connectivity index is 2.44. The van der Waals surface area contributed by atoms with Crippen LogP contribution in [0.1, 0.15) is 50.7 Å².